The van der Waals surface area contributed by atoms with Crippen LogP contribution in [0.2, 0.25) is 10.0 Å². The third kappa shape index (κ3) is 23.8. The number of unbranched alkanes of at least 4 members (excludes halogenated alkanes) is 7. The van der Waals surface area contributed by atoms with Gasteiger partial charge in [0.25, 0.3) is 0 Å². The summed E-state index contributed by atoms with van der Waals surface area (Å²) in [5.74, 6) is -14.5. The number of aliphatic hydroxyl groups is 4. The van der Waals surface area contributed by atoms with Gasteiger partial charge in [-0.1, -0.05) is 107 Å². The topological polar surface area (TPSA) is 526 Å². The maximum Gasteiger partial charge on any atom is 0.341 e. The molecule has 3 unspecified atom stereocenters. The number of fused-ring (bicyclic) bond motifs is 15. The summed E-state index contributed by atoms with van der Waals surface area (Å²) >= 11 is 14.7. The van der Waals surface area contributed by atoms with Crippen LogP contribution < -0.4 is 67.2 Å². The molecule has 7 amide bonds. The third-order valence-electron chi connectivity index (χ3n) is 23.3. The molecule has 17 N–H and O–H groups in total. The molecule has 7 heterocycles. The fraction of sp³-hybridized carbons (Fsp3) is 0.563. The van der Waals surface area contributed by atoms with Gasteiger partial charge in [0, 0.05) is 76.5 Å². The lowest BCUT2D eigenvalue weighted by molar-refractivity contribution is -0.338. The second-order valence-corrected chi connectivity index (χ2v) is 35.5. The molecule has 0 saturated carbocycles. The first-order valence-electron chi connectivity index (χ1n) is 44.0. The highest BCUT2D eigenvalue weighted by atomic mass is 35.5. The SMILES string of the molecule is [2H]C([2H])(NCCCCCCCCCC)C([2H])([2H])N(C)[C@@]1(C)CC(O[C@H]2[C@H](Oc3c4cc5cc3Oc3ccc(cc3Cl)[C@@H](OC)[C@@H]3NC(=O)[C@H](NC(=O)C5NC(=O)[C@H](CC(N)=O)NC(=O)[C@H](NC(=O)[C@@H](CC(C)C)NC)[C@H](O)c5ccc(c(Cl)c5)O4)c4ccc(O)c(c4)-c4c(cc(OC)c(CNCP(=O)(O)OC)c4O)[C@@H](C(=O)OC)N(C)C3=O)O[C@H](COC)[C@@H](O)[C@@H]2O)O[C@@H](C)[C@H]1O. The minimum atomic E-state index is -4.33. The highest BCUT2D eigenvalue weighted by Gasteiger charge is 2.54. The number of carbonyl (C=O) groups is 8. The zero-order chi connectivity index (χ0) is 97.1. The number of hydrogen-bond acceptors (Lipinski definition) is 30. The average Bonchev–Trinajstić information content (AvgIpc) is 0.734. The number of carbonyl (C=O) groups excluding carboxylic acids is 8. The Bertz CT molecular complexity index is 5040. The summed E-state index contributed by atoms with van der Waals surface area (Å²) in [6.07, 6.45) is -12.6. The Hall–Kier alpha value is -9.13. The molecule has 11 bridgehead atoms. The normalized spacial score (nSPS) is 27.0. The summed E-state index contributed by atoms with van der Waals surface area (Å²) in [5.41, 5.74) is 1.60. The molecular formula is C87H120Cl2N11O27P. The zero-order valence-corrected chi connectivity index (χ0v) is 75.8. The highest BCUT2D eigenvalue weighted by molar-refractivity contribution is 7.52. The predicted octanol–water partition coefficient (Wildman–Crippen LogP) is 5.73. The second-order valence-electron chi connectivity index (χ2n) is 32.7. The lowest BCUT2D eigenvalue weighted by atomic mass is 9.83. The highest BCUT2D eigenvalue weighted by Crippen LogP contribution is 2.52. The summed E-state index contributed by atoms with van der Waals surface area (Å²) in [6.45, 7) is 2.11. The van der Waals surface area contributed by atoms with Crippen molar-refractivity contribution in [2.45, 2.75) is 221 Å². The number of methoxy groups -OCH3 is 4. The number of nitrogens with zero attached hydrogens (tertiary/aromatic N) is 2. The van der Waals surface area contributed by atoms with Crippen molar-refractivity contribution in [1.82, 2.24) is 52.3 Å². The van der Waals surface area contributed by atoms with E-state index in [-0.39, 0.29) is 74.0 Å². The summed E-state index contributed by atoms with van der Waals surface area (Å²) in [4.78, 5) is 135. The molecule has 7 aliphatic rings. The number of nitrogens with one attached hydrogen (secondary N) is 8. The minimum absolute atomic E-state index is 0.0315. The molecular weight excluding hydrogens is 1730 g/mol. The van der Waals surface area contributed by atoms with Gasteiger partial charge in [-0.15, -0.1) is 0 Å². The van der Waals surface area contributed by atoms with E-state index in [4.69, 9.17) is 83.6 Å². The van der Waals surface area contributed by atoms with Crippen LogP contribution >= 0.6 is 30.8 Å². The molecule has 41 heteroatoms. The number of hydrogen-bond donors (Lipinski definition) is 16. The summed E-state index contributed by atoms with van der Waals surface area (Å²) < 4.78 is 118. The van der Waals surface area contributed by atoms with E-state index >= 15 is 24.0 Å². The Balaban J connectivity index is 1.22. The number of primary amides is 1. The van der Waals surface area contributed by atoms with Crippen LogP contribution in [0.3, 0.4) is 0 Å². The van der Waals surface area contributed by atoms with Crippen molar-refractivity contribution in [2.75, 3.05) is 89.1 Å². The quantitative estimate of drug-likeness (QED) is 0.0133. The Kier molecular flexibility index (Phi) is 33.5. The van der Waals surface area contributed by atoms with Gasteiger partial charge in [-0.3, -0.25) is 43.0 Å². The number of nitrogens with two attached hydrogens (primary N) is 1. The molecule has 704 valence electrons. The van der Waals surface area contributed by atoms with Gasteiger partial charge >= 0.3 is 13.6 Å². The van der Waals surface area contributed by atoms with Crippen LogP contribution in [0.1, 0.15) is 174 Å². The van der Waals surface area contributed by atoms with Gasteiger partial charge in [-0.2, -0.15) is 0 Å². The zero-order valence-electron chi connectivity index (χ0n) is 77.4. The van der Waals surface area contributed by atoms with E-state index in [1.165, 1.54) is 78.6 Å². The number of benzene rings is 5. The Morgan fingerprint density at radius 2 is 1.41 bits per heavy atom. The first-order chi connectivity index (χ1) is 62.3. The molecule has 2 saturated heterocycles. The lowest BCUT2D eigenvalue weighted by Gasteiger charge is -2.51. The fourth-order valence-corrected chi connectivity index (χ4v) is 17.0. The number of phenolic OH excluding ortho intramolecular Hbond substituents is 2. The lowest BCUT2D eigenvalue weighted by Crippen LogP contribution is -2.66. The van der Waals surface area contributed by atoms with Gasteiger partial charge in [0.1, 0.15) is 89.5 Å². The van der Waals surface area contributed by atoms with E-state index in [1.807, 2.05) is 13.8 Å². The first-order valence-corrected chi connectivity index (χ1v) is 44.5. The van der Waals surface area contributed by atoms with Crippen molar-refractivity contribution in [1.29, 1.82) is 0 Å². The van der Waals surface area contributed by atoms with Crippen LogP contribution in [-0.4, -0.2) is 261 Å². The molecule has 19 atom stereocenters. The molecule has 38 nitrogen and oxygen atoms in total. The van der Waals surface area contributed by atoms with Gasteiger partial charge in [-0.25, -0.2) is 4.79 Å². The van der Waals surface area contributed by atoms with Gasteiger partial charge in [0.05, 0.1) is 72.9 Å². The number of esters is 1. The number of rotatable bonds is 34. The molecule has 5 aromatic rings. The van der Waals surface area contributed by atoms with E-state index < -0.39 is 255 Å². The molecule has 12 rings (SSSR count). The Labute approximate surface area is 757 Å². The van der Waals surface area contributed by atoms with Crippen LogP contribution in [0.5, 0.6) is 46.0 Å². The molecule has 0 aliphatic carbocycles. The summed E-state index contributed by atoms with van der Waals surface area (Å²) in [7, 11) is 5.09. The van der Waals surface area contributed by atoms with E-state index in [0.717, 1.165) is 120 Å². The average molecular weight is 1860 g/mol. The molecule has 0 aromatic heterocycles. The van der Waals surface area contributed by atoms with E-state index in [1.54, 1.807) is 0 Å². The van der Waals surface area contributed by atoms with Crippen molar-refractivity contribution >= 4 is 78.1 Å². The number of ether oxygens (including phenoxy) is 10. The number of aromatic hydroxyl groups is 2. The fourth-order valence-electron chi connectivity index (χ4n) is 16.1. The monoisotopic (exact) mass is 1860 g/mol. The number of phenols is 2. The van der Waals surface area contributed by atoms with Crippen LogP contribution in [0.25, 0.3) is 11.1 Å². The Morgan fingerprint density at radius 1 is 0.781 bits per heavy atom. The largest absolute Gasteiger partial charge is 0.507 e. The van der Waals surface area contributed by atoms with Crippen LogP contribution in [0, 0.1) is 5.92 Å². The summed E-state index contributed by atoms with van der Waals surface area (Å²) in [5, 5.41) is 95.0. The predicted molar refractivity (Wildman–Crippen MR) is 465 cm³/mol. The maximum absolute atomic E-state index is 16.7. The number of amides is 7. The van der Waals surface area contributed by atoms with Crippen molar-refractivity contribution < 1.29 is 136 Å². The minimum Gasteiger partial charge on any atom is -0.507 e. The molecule has 0 radical (unpaired) electrons. The number of aliphatic hydroxyl groups excluding tert-OH is 4. The summed E-state index contributed by atoms with van der Waals surface area (Å²) in [6, 6.07) is -0.0106. The molecule has 5 aromatic carbocycles. The van der Waals surface area contributed by atoms with Crippen molar-refractivity contribution in [3.63, 3.8) is 0 Å². The van der Waals surface area contributed by atoms with Crippen molar-refractivity contribution in [3.05, 3.63) is 116 Å². The number of halogens is 2. The molecule has 7 aliphatic heterocycles. The van der Waals surface area contributed by atoms with Gasteiger partial charge in [0.2, 0.25) is 53.4 Å². The first kappa shape index (κ1) is 95.0. The van der Waals surface area contributed by atoms with Crippen molar-refractivity contribution in [2.24, 2.45) is 11.7 Å². The molecule has 0 spiro atoms. The van der Waals surface area contributed by atoms with Crippen LogP contribution in [-0.2, 0) is 82.4 Å². The second kappa shape index (κ2) is 45.1. The molecule has 2 fully saturated rings. The van der Waals surface area contributed by atoms with Gasteiger partial charge < -0.3 is 141 Å². The maximum atomic E-state index is 16.7. The van der Waals surface area contributed by atoms with E-state index in [2.05, 4.69) is 49.5 Å². The van der Waals surface area contributed by atoms with Gasteiger partial charge in [0.15, 0.2) is 29.9 Å². The standard InChI is InChI=1S/C87H120Cl2N11O27P/c1-14-15-16-17-18-19-20-21-28-92-29-30-99(7)87(5)39-64(122-44(4)78(87)107)126-77-74(106)73(105)62(41-117-9)125-86(77)127-76-60-35-48-36-61(76)124-58-27-24-47(34-53(58)89)75(119-11)69-84(113)100(8)70(85(114)120-12)50-37-59(118-10)51(40-93-42-128(115,116)121-13)72(104)65(50)49-32-45(22-25-56(49)101)66(81(110)98-69)96-82(111)67(48)95-80(109)55(38-63(90)102)94-83(112)68(97-79(108)54(91-6)31-43(2)3)71(103)46-23-26-57(123-60)52(88)33-46/h22-27,32-37,43-44,54-55,62,64,66-71,73-75,77-78,86,91-93,101,103-107H,14-21,28-31,38-42H2,1-13H3,(H2,90,102)(H,94,112)(H,95,109)(H,96,111)(H,97,108)(H,98,110)(H,115,116)/t44-,54+,55-,62+,64?,66+,67?,68+,69-,70-,71+,73+,74-,75+,77+,78+,86-,87-/m0/s1/i29D2,30D2. The molecule has 128 heavy (non-hydrogen) atoms. The van der Waals surface area contributed by atoms with Crippen LogP contribution in [0.15, 0.2) is 72.8 Å². The smallest absolute Gasteiger partial charge is 0.341 e. The van der Waals surface area contributed by atoms with E-state index in [0.29, 0.717) is 6.42 Å². The third-order valence-corrected chi connectivity index (χ3v) is 25.1. The van der Waals surface area contributed by atoms with Gasteiger partial charge in [-0.05, 0) is 130 Å². The van der Waals surface area contributed by atoms with Crippen molar-refractivity contribution in [3.8, 4) is 57.1 Å². The number of likely N-dealkylation sites (N-methyl/N-ethyl adjacent to an activating group) is 3. The van der Waals surface area contributed by atoms with E-state index in [9.17, 15) is 57.2 Å². The van der Waals surface area contributed by atoms with Crippen LogP contribution in [0.4, 0.5) is 0 Å². The Morgan fingerprint density at radius 3 is 2.02 bits per heavy atom.